The SMILES string of the molecule is N#Cc1ccc(NCCc2cccnc2)cn1. The van der Waals surface area contributed by atoms with Crippen molar-refractivity contribution in [1.82, 2.24) is 9.97 Å². The van der Waals surface area contributed by atoms with Gasteiger partial charge in [-0.05, 0) is 30.2 Å². The molecule has 0 spiro atoms. The number of nitrogens with zero attached hydrogens (tertiary/aromatic N) is 3. The topological polar surface area (TPSA) is 61.6 Å². The zero-order valence-corrected chi connectivity index (χ0v) is 9.30. The van der Waals surface area contributed by atoms with E-state index in [9.17, 15) is 0 Å². The molecule has 0 aromatic carbocycles. The summed E-state index contributed by atoms with van der Waals surface area (Å²) in [4.78, 5) is 8.04. The second-order valence-corrected chi connectivity index (χ2v) is 3.58. The Bertz CT molecular complexity index is 499. The molecule has 0 aliphatic rings. The van der Waals surface area contributed by atoms with E-state index in [4.69, 9.17) is 5.26 Å². The van der Waals surface area contributed by atoms with Crippen LogP contribution in [0.4, 0.5) is 5.69 Å². The third-order valence-corrected chi connectivity index (χ3v) is 2.34. The van der Waals surface area contributed by atoms with Gasteiger partial charge in [0.1, 0.15) is 11.8 Å². The van der Waals surface area contributed by atoms with E-state index in [1.54, 1.807) is 18.5 Å². The second kappa shape index (κ2) is 5.61. The standard InChI is InChI=1S/C13H12N4/c14-8-12-3-4-13(10-17-12)16-7-5-11-2-1-6-15-9-11/h1-4,6,9-10,16H,5,7H2. The Hall–Kier alpha value is -2.41. The number of anilines is 1. The summed E-state index contributed by atoms with van der Waals surface area (Å²) in [5.74, 6) is 0. The fraction of sp³-hybridized carbons (Fsp3) is 0.154. The molecular formula is C13H12N4. The lowest BCUT2D eigenvalue weighted by Crippen LogP contribution is -2.05. The monoisotopic (exact) mass is 224 g/mol. The van der Waals surface area contributed by atoms with Crippen LogP contribution in [0.15, 0.2) is 42.9 Å². The van der Waals surface area contributed by atoms with Crippen molar-refractivity contribution < 1.29 is 0 Å². The summed E-state index contributed by atoms with van der Waals surface area (Å²) in [5, 5.41) is 11.9. The largest absolute Gasteiger partial charge is 0.383 e. The number of nitrogens with one attached hydrogen (secondary N) is 1. The average Bonchev–Trinajstić information content (AvgIpc) is 2.41. The van der Waals surface area contributed by atoms with Gasteiger partial charge in [0.25, 0.3) is 0 Å². The smallest absolute Gasteiger partial charge is 0.140 e. The molecule has 4 nitrogen and oxygen atoms in total. The molecule has 2 aromatic rings. The molecule has 0 saturated heterocycles. The lowest BCUT2D eigenvalue weighted by Gasteiger charge is -2.05. The van der Waals surface area contributed by atoms with Crippen LogP contribution in [0.3, 0.4) is 0 Å². The Morgan fingerprint density at radius 1 is 1.24 bits per heavy atom. The van der Waals surface area contributed by atoms with Crippen LogP contribution in [0.25, 0.3) is 0 Å². The minimum atomic E-state index is 0.433. The molecule has 17 heavy (non-hydrogen) atoms. The molecule has 1 N–H and O–H groups in total. The van der Waals surface area contributed by atoms with Gasteiger partial charge in [0.15, 0.2) is 0 Å². The van der Waals surface area contributed by atoms with Crippen molar-refractivity contribution in [3.8, 4) is 6.07 Å². The summed E-state index contributed by atoms with van der Waals surface area (Å²) in [7, 11) is 0. The van der Waals surface area contributed by atoms with Crippen molar-refractivity contribution in [3.63, 3.8) is 0 Å². The summed E-state index contributed by atoms with van der Waals surface area (Å²) in [6.45, 7) is 0.819. The van der Waals surface area contributed by atoms with Crippen molar-refractivity contribution in [2.45, 2.75) is 6.42 Å². The first-order valence-corrected chi connectivity index (χ1v) is 5.37. The molecule has 0 unspecified atom stereocenters. The van der Waals surface area contributed by atoms with Gasteiger partial charge in [0.2, 0.25) is 0 Å². The lowest BCUT2D eigenvalue weighted by molar-refractivity contribution is 1.00. The Balaban J connectivity index is 1.84. The molecule has 0 radical (unpaired) electrons. The van der Waals surface area contributed by atoms with Gasteiger partial charge in [-0.3, -0.25) is 4.98 Å². The summed E-state index contributed by atoms with van der Waals surface area (Å²) in [6, 6.07) is 9.52. The number of aromatic nitrogens is 2. The molecule has 0 aliphatic heterocycles. The van der Waals surface area contributed by atoms with E-state index in [1.807, 2.05) is 30.5 Å². The highest BCUT2D eigenvalue weighted by Crippen LogP contribution is 2.06. The molecule has 0 amide bonds. The van der Waals surface area contributed by atoms with Crippen LogP contribution in [0.5, 0.6) is 0 Å². The van der Waals surface area contributed by atoms with Gasteiger partial charge < -0.3 is 5.32 Å². The van der Waals surface area contributed by atoms with E-state index in [-0.39, 0.29) is 0 Å². The van der Waals surface area contributed by atoms with Crippen LogP contribution < -0.4 is 5.32 Å². The zero-order valence-electron chi connectivity index (χ0n) is 9.30. The molecular weight excluding hydrogens is 212 g/mol. The summed E-state index contributed by atoms with van der Waals surface area (Å²) < 4.78 is 0. The van der Waals surface area contributed by atoms with E-state index in [0.717, 1.165) is 18.7 Å². The van der Waals surface area contributed by atoms with Gasteiger partial charge in [-0.1, -0.05) is 6.07 Å². The van der Waals surface area contributed by atoms with E-state index < -0.39 is 0 Å². The van der Waals surface area contributed by atoms with Gasteiger partial charge in [0, 0.05) is 18.9 Å². The molecule has 2 aromatic heterocycles. The van der Waals surface area contributed by atoms with Crippen LogP contribution in [0.2, 0.25) is 0 Å². The van der Waals surface area contributed by atoms with Crippen molar-refractivity contribution >= 4 is 5.69 Å². The summed E-state index contributed by atoms with van der Waals surface area (Å²) >= 11 is 0. The van der Waals surface area contributed by atoms with E-state index in [0.29, 0.717) is 5.69 Å². The Morgan fingerprint density at radius 3 is 2.82 bits per heavy atom. The van der Waals surface area contributed by atoms with Crippen LogP contribution in [-0.2, 0) is 6.42 Å². The van der Waals surface area contributed by atoms with E-state index in [1.165, 1.54) is 5.56 Å². The number of hydrogen-bond donors (Lipinski definition) is 1. The lowest BCUT2D eigenvalue weighted by atomic mass is 10.2. The fourth-order valence-electron chi connectivity index (χ4n) is 1.46. The first-order chi connectivity index (χ1) is 8.38. The van der Waals surface area contributed by atoms with Crippen molar-refractivity contribution in [2.24, 2.45) is 0 Å². The molecule has 0 aliphatic carbocycles. The first-order valence-electron chi connectivity index (χ1n) is 5.37. The first kappa shape index (κ1) is 11.1. The number of hydrogen-bond acceptors (Lipinski definition) is 4. The van der Waals surface area contributed by atoms with Crippen LogP contribution in [-0.4, -0.2) is 16.5 Å². The predicted octanol–water partition coefficient (Wildman–Crippen LogP) is 2.00. The van der Waals surface area contributed by atoms with Crippen LogP contribution >= 0.6 is 0 Å². The Morgan fingerprint density at radius 2 is 2.18 bits per heavy atom. The third-order valence-electron chi connectivity index (χ3n) is 2.34. The molecule has 0 atom stereocenters. The predicted molar refractivity (Wildman–Crippen MR) is 65.4 cm³/mol. The van der Waals surface area contributed by atoms with Crippen molar-refractivity contribution in [3.05, 3.63) is 54.1 Å². The highest BCUT2D eigenvalue weighted by molar-refractivity contribution is 5.42. The van der Waals surface area contributed by atoms with Crippen LogP contribution in [0.1, 0.15) is 11.3 Å². The minimum Gasteiger partial charge on any atom is -0.383 e. The number of rotatable bonds is 4. The average molecular weight is 224 g/mol. The maximum atomic E-state index is 8.61. The second-order valence-electron chi connectivity index (χ2n) is 3.58. The molecule has 2 rings (SSSR count). The highest BCUT2D eigenvalue weighted by Gasteiger charge is 1.95. The number of nitriles is 1. The maximum Gasteiger partial charge on any atom is 0.140 e. The van der Waals surface area contributed by atoms with Gasteiger partial charge in [-0.15, -0.1) is 0 Å². The highest BCUT2D eigenvalue weighted by atomic mass is 14.9. The molecule has 0 bridgehead atoms. The Kier molecular flexibility index (Phi) is 3.66. The molecule has 0 fully saturated rings. The zero-order chi connectivity index (χ0) is 11.9. The molecule has 0 saturated carbocycles. The van der Waals surface area contributed by atoms with Gasteiger partial charge in [-0.25, -0.2) is 4.98 Å². The fourth-order valence-corrected chi connectivity index (χ4v) is 1.46. The van der Waals surface area contributed by atoms with Crippen molar-refractivity contribution in [1.29, 1.82) is 5.26 Å². The summed E-state index contributed by atoms with van der Waals surface area (Å²) in [6.07, 6.45) is 6.20. The van der Waals surface area contributed by atoms with Gasteiger partial charge in [-0.2, -0.15) is 5.26 Å². The van der Waals surface area contributed by atoms with Crippen molar-refractivity contribution in [2.75, 3.05) is 11.9 Å². The molecule has 84 valence electrons. The van der Waals surface area contributed by atoms with E-state index in [2.05, 4.69) is 15.3 Å². The van der Waals surface area contributed by atoms with Gasteiger partial charge >= 0.3 is 0 Å². The molecule has 4 heteroatoms. The maximum absolute atomic E-state index is 8.61. The summed E-state index contributed by atoms with van der Waals surface area (Å²) in [5.41, 5.74) is 2.55. The quantitative estimate of drug-likeness (QED) is 0.862. The minimum absolute atomic E-state index is 0.433. The molecule has 2 heterocycles. The van der Waals surface area contributed by atoms with Gasteiger partial charge in [0.05, 0.1) is 11.9 Å². The Labute approximate surface area is 100.0 Å². The number of pyridine rings is 2. The van der Waals surface area contributed by atoms with E-state index >= 15 is 0 Å². The van der Waals surface area contributed by atoms with Crippen LogP contribution in [0, 0.1) is 11.3 Å². The third kappa shape index (κ3) is 3.28. The normalized spacial score (nSPS) is 9.59.